The summed E-state index contributed by atoms with van der Waals surface area (Å²) in [7, 11) is 3.59. The van der Waals surface area contributed by atoms with E-state index in [0.717, 1.165) is 16.8 Å². The van der Waals surface area contributed by atoms with Crippen LogP contribution in [0.2, 0.25) is 0 Å². The molecule has 3 nitrogen and oxygen atoms in total. The lowest BCUT2D eigenvalue weighted by atomic mass is 10.2. The summed E-state index contributed by atoms with van der Waals surface area (Å²) in [5.41, 5.74) is 1.23. The van der Waals surface area contributed by atoms with Crippen LogP contribution >= 0.6 is 15.9 Å². The molecule has 0 bridgehead atoms. The van der Waals surface area contributed by atoms with Crippen molar-refractivity contribution in [2.24, 2.45) is 0 Å². The maximum atomic E-state index is 5.52. The Morgan fingerprint density at radius 3 is 2.73 bits per heavy atom. The number of hydrogen-bond donors (Lipinski definition) is 1. The molecule has 0 amide bonds. The standard InChI is InChI=1S/C11H16BrNO2/c1-13-8-9-3-4-11(10(12)7-9)15-6-5-14-2/h3-4,7,13H,5-6,8H2,1-2H3. The highest BCUT2D eigenvalue weighted by Gasteiger charge is 2.01. The van der Waals surface area contributed by atoms with Gasteiger partial charge in [-0.1, -0.05) is 6.07 Å². The minimum Gasteiger partial charge on any atom is -0.490 e. The monoisotopic (exact) mass is 273 g/mol. The largest absolute Gasteiger partial charge is 0.490 e. The smallest absolute Gasteiger partial charge is 0.133 e. The average Bonchev–Trinajstić information content (AvgIpc) is 2.22. The summed E-state index contributed by atoms with van der Waals surface area (Å²) in [5.74, 6) is 0.854. The van der Waals surface area contributed by atoms with E-state index >= 15 is 0 Å². The highest BCUT2D eigenvalue weighted by molar-refractivity contribution is 9.10. The fourth-order valence-corrected chi connectivity index (χ4v) is 1.75. The van der Waals surface area contributed by atoms with Gasteiger partial charge >= 0.3 is 0 Å². The molecule has 1 aromatic rings. The van der Waals surface area contributed by atoms with E-state index in [9.17, 15) is 0 Å². The van der Waals surface area contributed by atoms with Crippen LogP contribution in [0.5, 0.6) is 5.75 Å². The van der Waals surface area contributed by atoms with Crippen molar-refractivity contribution >= 4 is 15.9 Å². The van der Waals surface area contributed by atoms with Gasteiger partial charge in [-0.25, -0.2) is 0 Å². The minimum atomic E-state index is 0.570. The lowest BCUT2D eigenvalue weighted by molar-refractivity contribution is 0.146. The van der Waals surface area contributed by atoms with Crippen LogP contribution in [0.25, 0.3) is 0 Å². The number of ether oxygens (including phenoxy) is 2. The van der Waals surface area contributed by atoms with Crippen molar-refractivity contribution in [1.29, 1.82) is 0 Å². The maximum Gasteiger partial charge on any atom is 0.133 e. The highest BCUT2D eigenvalue weighted by atomic mass is 79.9. The van der Waals surface area contributed by atoms with Crippen LogP contribution in [0.3, 0.4) is 0 Å². The number of benzene rings is 1. The first-order valence-corrected chi connectivity index (χ1v) is 5.62. The molecule has 0 aliphatic carbocycles. The van der Waals surface area contributed by atoms with Crippen molar-refractivity contribution in [2.75, 3.05) is 27.4 Å². The first kappa shape index (κ1) is 12.5. The molecule has 0 aliphatic rings. The van der Waals surface area contributed by atoms with Gasteiger partial charge in [-0.3, -0.25) is 0 Å². The van der Waals surface area contributed by atoms with Crippen molar-refractivity contribution in [1.82, 2.24) is 5.32 Å². The van der Waals surface area contributed by atoms with Crippen molar-refractivity contribution in [3.63, 3.8) is 0 Å². The number of methoxy groups -OCH3 is 1. The zero-order valence-electron chi connectivity index (χ0n) is 9.05. The van der Waals surface area contributed by atoms with Gasteiger partial charge in [-0.15, -0.1) is 0 Å². The van der Waals surface area contributed by atoms with E-state index in [-0.39, 0.29) is 0 Å². The molecule has 0 saturated carbocycles. The normalized spacial score (nSPS) is 10.3. The Bertz CT molecular complexity index is 305. The molecular weight excluding hydrogens is 258 g/mol. The third-order valence-corrected chi connectivity index (χ3v) is 2.54. The van der Waals surface area contributed by atoms with Gasteiger partial charge in [0.2, 0.25) is 0 Å². The summed E-state index contributed by atoms with van der Waals surface area (Å²) in [6, 6.07) is 6.06. The van der Waals surface area contributed by atoms with Gasteiger partial charge in [-0.05, 0) is 40.7 Å². The van der Waals surface area contributed by atoms with Gasteiger partial charge in [-0.2, -0.15) is 0 Å². The maximum absolute atomic E-state index is 5.52. The fourth-order valence-electron chi connectivity index (χ4n) is 1.21. The molecule has 15 heavy (non-hydrogen) atoms. The third-order valence-electron chi connectivity index (χ3n) is 1.92. The quantitative estimate of drug-likeness (QED) is 0.807. The van der Waals surface area contributed by atoms with E-state index in [4.69, 9.17) is 9.47 Å². The second-order valence-electron chi connectivity index (χ2n) is 3.14. The molecule has 1 aromatic carbocycles. The second kappa shape index (κ2) is 6.82. The third kappa shape index (κ3) is 4.20. The molecule has 84 valence electrons. The summed E-state index contributed by atoms with van der Waals surface area (Å²) in [5, 5.41) is 3.10. The molecule has 0 aromatic heterocycles. The predicted molar refractivity (Wildman–Crippen MR) is 64.3 cm³/mol. The molecule has 1 rings (SSSR count). The van der Waals surface area contributed by atoms with Crippen LogP contribution in [-0.4, -0.2) is 27.4 Å². The number of nitrogens with one attached hydrogen (secondary N) is 1. The van der Waals surface area contributed by atoms with E-state index < -0.39 is 0 Å². The summed E-state index contributed by atoms with van der Waals surface area (Å²) in [4.78, 5) is 0. The van der Waals surface area contributed by atoms with Gasteiger partial charge < -0.3 is 14.8 Å². The first-order chi connectivity index (χ1) is 7.27. The van der Waals surface area contributed by atoms with E-state index in [1.807, 2.05) is 19.2 Å². The highest BCUT2D eigenvalue weighted by Crippen LogP contribution is 2.25. The molecule has 0 aliphatic heterocycles. The van der Waals surface area contributed by atoms with Crippen molar-refractivity contribution in [2.45, 2.75) is 6.54 Å². The molecule has 0 saturated heterocycles. The first-order valence-electron chi connectivity index (χ1n) is 4.82. The summed E-state index contributed by atoms with van der Waals surface area (Å²) < 4.78 is 11.4. The SMILES string of the molecule is CNCc1ccc(OCCOC)c(Br)c1. The molecule has 0 atom stereocenters. The van der Waals surface area contributed by atoms with Crippen LogP contribution in [0, 0.1) is 0 Å². The van der Waals surface area contributed by atoms with Gasteiger partial charge in [0.05, 0.1) is 11.1 Å². The molecule has 0 spiro atoms. The second-order valence-corrected chi connectivity index (χ2v) is 3.99. The van der Waals surface area contributed by atoms with Crippen LogP contribution in [0.4, 0.5) is 0 Å². The van der Waals surface area contributed by atoms with Crippen LogP contribution in [0.1, 0.15) is 5.56 Å². The summed E-state index contributed by atoms with van der Waals surface area (Å²) >= 11 is 3.48. The topological polar surface area (TPSA) is 30.5 Å². The van der Waals surface area contributed by atoms with Crippen LogP contribution in [0.15, 0.2) is 22.7 Å². The molecule has 0 unspecified atom stereocenters. The minimum absolute atomic E-state index is 0.570. The van der Waals surface area contributed by atoms with Crippen LogP contribution in [-0.2, 0) is 11.3 Å². The Morgan fingerprint density at radius 2 is 2.13 bits per heavy atom. The summed E-state index contributed by atoms with van der Waals surface area (Å²) in [6.45, 7) is 2.03. The van der Waals surface area contributed by atoms with E-state index in [0.29, 0.717) is 13.2 Å². The lowest BCUT2D eigenvalue weighted by Gasteiger charge is -2.09. The van der Waals surface area contributed by atoms with Crippen molar-refractivity contribution in [3.8, 4) is 5.75 Å². The molecule has 1 N–H and O–H groups in total. The lowest BCUT2D eigenvalue weighted by Crippen LogP contribution is -2.06. The Kier molecular flexibility index (Phi) is 5.68. The Balaban J connectivity index is 2.58. The number of rotatable bonds is 6. The van der Waals surface area contributed by atoms with E-state index in [1.54, 1.807) is 7.11 Å². The van der Waals surface area contributed by atoms with E-state index in [2.05, 4.69) is 27.3 Å². The molecule has 0 heterocycles. The zero-order valence-corrected chi connectivity index (χ0v) is 10.6. The Labute approximate surface area is 98.9 Å². The van der Waals surface area contributed by atoms with E-state index in [1.165, 1.54) is 5.56 Å². The Morgan fingerprint density at radius 1 is 1.33 bits per heavy atom. The van der Waals surface area contributed by atoms with Gasteiger partial charge in [0.15, 0.2) is 0 Å². The van der Waals surface area contributed by atoms with Gasteiger partial charge in [0, 0.05) is 13.7 Å². The van der Waals surface area contributed by atoms with Crippen molar-refractivity contribution < 1.29 is 9.47 Å². The Hall–Kier alpha value is -0.580. The van der Waals surface area contributed by atoms with Gasteiger partial charge in [0.1, 0.15) is 12.4 Å². The fraction of sp³-hybridized carbons (Fsp3) is 0.455. The molecule has 0 fully saturated rings. The van der Waals surface area contributed by atoms with Gasteiger partial charge in [0.25, 0.3) is 0 Å². The predicted octanol–water partition coefficient (Wildman–Crippen LogP) is 2.19. The number of hydrogen-bond acceptors (Lipinski definition) is 3. The molecule has 4 heteroatoms. The average molecular weight is 274 g/mol. The molecule has 0 radical (unpaired) electrons. The van der Waals surface area contributed by atoms with Crippen molar-refractivity contribution in [3.05, 3.63) is 28.2 Å². The zero-order chi connectivity index (χ0) is 11.1. The summed E-state index contributed by atoms with van der Waals surface area (Å²) in [6.07, 6.45) is 0. The molecular formula is C11H16BrNO2. The number of halogens is 1. The van der Waals surface area contributed by atoms with Crippen LogP contribution < -0.4 is 10.1 Å².